The third kappa shape index (κ3) is 4.97. The van der Waals surface area contributed by atoms with Crippen LogP contribution in [0.2, 0.25) is 0 Å². The van der Waals surface area contributed by atoms with Crippen molar-refractivity contribution in [3.8, 4) is 5.75 Å². The van der Waals surface area contributed by atoms with Crippen molar-refractivity contribution in [2.45, 2.75) is 6.92 Å². The van der Waals surface area contributed by atoms with E-state index in [0.717, 1.165) is 21.9 Å². The van der Waals surface area contributed by atoms with Gasteiger partial charge in [0.1, 0.15) is 0 Å². The van der Waals surface area contributed by atoms with Crippen LogP contribution in [0.25, 0.3) is 16.8 Å². The van der Waals surface area contributed by atoms with Crippen LogP contribution < -0.4 is 4.74 Å². The van der Waals surface area contributed by atoms with Gasteiger partial charge in [0.2, 0.25) is 5.90 Å². The summed E-state index contributed by atoms with van der Waals surface area (Å²) >= 11 is 6.92. The Labute approximate surface area is 218 Å². The predicted octanol–water partition coefficient (Wildman–Crippen LogP) is 7.24. The zero-order valence-electron chi connectivity index (χ0n) is 18.4. The molecule has 7 heteroatoms. The van der Waals surface area contributed by atoms with Gasteiger partial charge >= 0.3 is 11.9 Å². The zero-order chi connectivity index (χ0) is 24.5. The lowest BCUT2D eigenvalue weighted by atomic mass is 10.1. The number of ether oxygens (including phenoxy) is 2. The number of benzene rings is 4. The zero-order valence-corrected chi connectivity index (χ0v) is 21.6. The van der Waals surface area contributed by atoms with E-state index >= 15 is 0 Å². The highest BCUT2D eigenvalue weighted by molar-refractivity contribution is 9.11. The molecule has 5 rings (SSSR count). The van der Waals surface area contributed by atoms with Gasteiger partial charge < -0.3 is 9.47 Å². The monoisotopic (exact) mass is 589 g/mol. The molecule has 0 aliphatic carbocycles. The number of hydrogen-bond donors (Lipinski definition) is 0. The van der Waals surface area contributed by atoms with Crippen LogP contribution in [-0.4, -0.2) is 17.8 Å². The van der Waals surface area contributed by atoms with E-state index in [1.165, 1.54) is 0 Å². The van der Waals surface area contributed by atoms with Gasteiger partial charge in [0, 0.05) is 5.56 Å². The van der Waals surface area contributed by atoms with Gasteiger partial charge in [-0.3, -0.25) is 0 Å². The number of esters is 2. The fourth-order valence-electron chi connectivity index (χ4n) is 3.61. The first-order valence-corrected chi connectivity index (χ1v) is 12.3. The molecular formula is C28H17Br2NO4. The third-order valence-corrected chi connectivity index (χ3v) is 6.60. The van der Waals surface area contributed by atoms with Gasteiger partial charge in [-0.15, -0.1) is 0 Å². The smallest absolute Gasteiger partial charge is 0.363 e. The van der Waals surface area contributed by atoms with E-state index in [4.69, 9.17) is 9.47 Å². The number of aliphatic imine (C=N–C) groups is 1. The maximum atomic E-state index is 12.5. The molecule has 1 aliphatic rings. The SMILES string of the molecule is Cc1ccc(C(=O)Oc2c(Br)cc(/C=C3\N=C(c4ccc5ccccc5c4)OC3=O)cc2Br)cc1. The normalized spacial score (nSPS) is 14.2. The summed E-state index contributed by atoms with van der Waals surface area (Å²) in [6.07, 6.45) is 1.62. The Morgan fingerprint density at radius 3 is 2.31 bits per heavy atom. The van der Waals surface area contributed by atoms with Crippen molar-refractivity contribution in [2.24, 2.45) is 4.99 Å². The number of carbonyl (C=O) groups is 2. The second-order valence-electron chi connectivity index (χ2n) is 7.97. The van der Waals surface area contributed by atoms with Gasteiger partial charge in [-0.25, -0.2) is 14.6 Å². The summed E-state index contributed by atoms with van der Waals surface area (Å²) in [5.74, 6) is -0.405. The second kappa shape index (κ2) is 9.60. The van der Waals surface area contributed by atoms with E-state index in [1.807, 2.05) is 61.5 Å². The Morgan fingerprint density at radius 2 is 1.60 bits per heavy atom. The van der Waals surface area contributed by atoms with Crippen LogP contribution in [0.5, 0.6) is 5.75 Å². The predicted molar refractivity (Wildman–Crippen MR) is 143 cm³/mol. The number of cyclic esters (lactones) is 1. The number of aryl methyl sites for hydroxylation is 1. The van der Waals surface area contributed by atoms with E-state index in [9.17, 15) is 9.59 Å². The number of fused-ring (bicyclic) bond motifs is 1. The molecule has 1 heterocycles. The average molecular weight is 591 g/mol. The van der Waals surface area contributed by atoms with Crippen LogP contribution in [0.3, 0.4) is 0 Å². The molecule has 172 valence electrons. The van der Waals surface area contributed by atoms with Gasteiger partial charge in [-0.05, 0) is 97.6 Å². The van der Waals surface area contributed by atoms with Gasteiger partial charge in [-0.2, -0.15) is 0 Å². The van der Waals surface area contributed by atoms with E-state index in [2.05, 4.69) is 36.9 Å². The minimum Gasteiger partial charge on any atom is -0.421 e. The lowest BCUT2D eigenvalue weighted by molar-refractivity contribution is -0.129. The molecule has 35 heavy (non-hydrogen) atoms. The largest absolute Gasteiger partial charge is 0.421 e. The molecule has 0 radical (unpaired) electrons. The van der Waals surface area contributed by atoms with Crippen LogP contribution in [0.1, 0.15) is 27.0 Å². The van der Waals surface area contributed by atoms with Crippen LogP contribution in [0.4, 0.5) is 0 Å². The lowest BCUT2D eigenvalue weighted by Crippen LogP contribution is -2.09. The van der Waals surface area contributed by atoms with Crippen molar-refractivity contribution in [3.63, 3.8) is 0 Å². The van der Waals surface area contributed by atoms with E-state index in [-0.39, 0.29) is 11.6 Å². The summed E-state index contributed by atoms with van der Waals surface area (Å²) in [5, 5.41) is 2.12. The highest BCUT2D eigenvalue weighted by Gasteiger charge is 2.25. The second-order valence-corrected chi connectivity index (χ2v) is 9.68. The highest BCUT2D eigenvalue weighted by atomic mass is 79.9. The number of rotatable bonds is 4. The Bertz CT molecular complexity index is 1530. The molecule has 0 atom stereocenters. The summed E-state index contributed by atoms with van der Waals surface area (Å²) in [7, 11) is 0. The molecule has 0 saturated carbocycles. The molecule has 0 aromatic heterocycles. The van der Waals surface area contributed by atoms with Crippen LogP contribution in [-0.2, 0) is 9.53 Å². The Morgan fingerprint density at radius 1 is 0.914 bits per heavy atom. The molecule has 0 fully saturated rings. The molecule has 0 amide bonds. The number of halogens is 2. The number of hydrogen-bond acceptors (Lipinski definition) is 5. The van der Waals surface area contributed by atoms with Crippen molar-refractivity contribution in [3.05, 3.63) is 116 Å². The van der Waals surface area contributed by atoms with E-state index in [0.29, 0.717) is 25.8 Å². The van der Waals surface area contributed by atoms with E-state index < -0.39 is 11.9 Å². The van der Waals surface area contributed by atoms with Crippen molar-refractivity contribution < 1.29 is 19.1 Å². The topological polar surface area (TPSA) is 65.0 Å². The molecule has 5 nitrogen and oxygen atoms in total. The van der Waals surface area contributed by atoms with Crippen LogP contribution in [0.15, 0.2) is 98.5 Å². The Kier molecular flexibility index (Phi) is 6.36. The minimum absolute atomic E-state index is 0.177. The van der Waals surface area contributed by atoms with Crippen LogP contribution >= 0.6 is 31.9 Å². The molecule has 0 bridgehead atoms. The van der Waals surface area contributed by atoms with Crippen molar-refractivity contribution in [1.29, 1.82) is 0 Å². The summed E-state index contributed by atoms with van der Waals surface area (Å²) in [4.78, 5) is 29.4. The number of carbonyl (C=O) groups excluding carboxylic acids is 2. The van der Waals surface area contributed by atoms with Crippen molar-refractivity contribution in [1.82, 2.24) is 0 Å². The standard InChI is InChI=1S/C28H17Br2NO4/c1-16-6-8-19(9-7-16)27(32)34-25-22(29)12-17(13-23(25)30)14-24-28(33)35-26(31-24)21-11-10-18-4-2-3-5-20(18)15-21/h2-15H,1H3/b24-14-. The van der Waals surface area contributed by atoms with Gasteiger partial charge in [0.05, 0.1) is 14.5 Å². The highest BCUT2D eigenvalue weighted by Crippen LogP contribution is 2.36. The fourth-order valence-corrected chi connectivity index (χ4v) is 5.00. The fraction of sp³-hybridized carbons (Fsp3) is 0.0357. The summed E-state index contributed by atoms with van der Waals surface area (Å²) in [5.41, 5.74) is 3.08. The molecular weight excluding hydrogens is 574 g/mol. The van der Waals surface area contributed by atoms with E-state index in [1.54, 1.807) is 30.3 Å². The molecule has 0 saturated heterocycles. The molecule has 0 N–H and O–H groups in total. The Hall–Kier alpha value is -3.55. The Balaban J connectivity index is 1.40. The van der Waals surface area contributed by atoms with Crippen molar-refractivity contribution in [2.75, 3.05) is 0 Å². The average Bonchev–Trinajstić information content (AvgIpc) is 3.21. The van der Waals surface area contributed by atoms with Crippen LogP contribution in [0, 0.1) is 6.92 Å². The van der Waals surface area contributed by atoms with Crippen molar-refractivity contribution >= 4 is 66.5 Å². The molecule has 4 aromatic carbocycles. The summed E-state index contributed by atoms with van der Waals surface area (Å²) in [6, 6.07) is 24.3. The van der Waals surface area contributed by atoms with Gasteiger partial charge in [0.25, 0.3) is 0 Å². The molecule has 1 aliphatic heterocycles. The third-order valence-electron chi connectivity index (χ3n) is 5.42. The summed E-state index contributed by atoms with van der Waals surface area (Å²) in [6.45, 7) is 1.95. The maximum absolute atomic E-state index is 12.5. The maximum Gasteiger partial charge on any atom is 0.363 e. The van der Waals surface area contributed by atoms with Gasteiger partial charge in [-0.1, -0.05) is 48.0 Å². The lowest BCUT2D eigenvalue weighted by Gasteiger charge is -2.10. The first kappa shape index (κ1) is 23.2. The molecule has 0 spiro atoms. The van der Waals surface area contributed by atoms with Gasteiger partial charge in [0.15, 0.2) is 11.4 Å². The minimum atomic E-state index is -0.532. The molecule has 4 aromatic rings. The quantitative estimate of drug-likeness (QED) is 0.143. The first-order valence-electron chi connectivity index (χ1n) is 10.7. The summed E-state index contributed by atoms with van der Waals surface area (Å²) < 4.78 is 12.1. The first-order chi connectivity index (χ1) is 16.9. The molecule has 0 unspecified atom stereocenters. The number of nitrogens with zero attached hydrogens (tertiary/aromatic N) is 1.